The third-order valence-electron chi connectivity index (χ3n) is 4.90. The molecule has 0 saturated carbocycles. The van der Waals surface area contributed by atoms with Gasteiger partial charge < -0.3 is 9.80 Å². The van der Waals surface area contributed by atoms with Crippen molar-refractivity contribution >= 4 is 35.0 Å². The molecular formula is C21H17Cl2FN4O2. The lowest BCUT2D eigenvalue weighted by atomic mass is 10.1. The number of carbonyl (C=O) groups excluding carboxylic acids is 2. The van der Waals surface area contributed by atoms with Crippen LogP contribution in [0.2, 0.25) is 10.0 Å². The molecule has 1 saturated heterocycles. The van der Waals surface area contributed by atoms with Gasteiger partial charge >= 0.3 is 0 Å². The van der Waals surface area contributed by atoms with Gasteiger partial charge in [0.15, 0.2) is 5.69 Å². The standard InChI is InChI=1S/C21H17Cl2FN4O2/c22-14-2-1-3-16(12-14)28-7-6-19(25-28)21(30)27-10-8-26(9-11-27)20(29)17-5-4-15(24)13-18(17)23/h1-7,12-13H,8-11H2. The Morgan fingerprint density at radius 3 is 2.27 bits per heavy atom. The van der Waals surface area contributed by atoms with E-state index in [1.807, 2.05) is 12.1 Å². The Balaban J connectivity index is 1.40. The number of carbonyl (C=O) groups is 2. The van der Waals surface area contributed by atoms with Gasteiger partial charge in [0, 0.05) is 37.4 Å². The van der Waals surface area contributed by atoms with Gasteiger partial charge in [-0.15, -0.1) is 0 Å². The monoisotopic (exact) mass is 446 g/mol. The average molecular weight is 447 g/mol. The smallest absolute Gasteiger partial charge is 0.274 e. The van der Waals surface area contributed by atoms with Crippen LogP contribution >= 0.6 is 23.2 Å². The summed E-state index contributed by atoms with van der Waals surface area (Å²) in [7, 11) is 0. The van der Waals surface area contributed by atoms with Crippen LogP contribution in [0.4, 0.5) is 4.39 Å². The largest absolute Gasteiger partial charge is 0.335 e. The highest BCUT2D eigenvalue weighted by Crippen LogP contribution is 2.20. The highest BCUT2D eigenvalue weighted by molar-refractivity contribution is 6.33. The fourth-order valence-electron chi connectivity index (χ4n) is 3.31. The van der Waals surface area contributed by atoms with Crippen LogP contribution in [0, 0.1) is 5.82 Å². The van der Waals surface area contributed by atoms with E-state index in [0.29, 0.717) is 36.9 Å². The van der Waals surface area contributed by atoms with Crippen LogP contribution in [0.3, 0.4) is 0 Å². The van der Waals surface area contributed by atoms with Gasteiger partial charge in [0.1, 0.15) is 5.82 Å². The van der Waals surface area contributed by atoms with E-state index in [1.54, 1.807) is 38.9 Å². The van der Waals surface area contributed by atoms with Crippen LogP contribution in [0.1, 0.15) is 20.8 Å². The van der Waals surface area contributed by atoms with Crippen molar-refractivity contribution in [2.45, 2.75) is 0 Å². The molecule has 2 heterocycles. The molecule has 2 aromatic carbocycles. The highest BCUT2D eigenvalue weighted by Gasteiger charge is 2.27. The van der Waals surface area contributed by atoms with Gasteiger partial charge in [-0.25, -0.2) is 9.07 Å². The number of amides is 2. The number of nitrogens with zero attached hydrogens (tertiary/aromatic N) is 4. The van der Waals surface area contributed by atoms with E-state index in [1.165, 1.54) is 12.1 Å². The third kappa shape index (κ3) is 4.17. The molecule has 0 aliphatic carbocycles. The second kappa shape index (κ2) is 8.45. The summed E-state index contributed by atoms with van der Waals surface area (Å²) in [5.74, 6) is -0.982. The van der Waals surface area contributed by atoms with E-state index in [0.717, 1.165) is 11.8 Å². The molecule has 0 unspecified atom stereocenters. The first-order valence-corrected chi connectivity index (χ1v) is 10.0. The Labute approximate surface area is 182 Å². The van der Waals surface area contributed by atoms with Crippen LogP contribution in [0.25, 0.3) is 5.69 Å². The number of rotatable bonds is 3. The Hall–Kier alpha value is -2.90. The molecule has 1 aromatic heterocycles. The summed E-state index contributed by atoms with van der Waals surface area (Å²) in [5, 5.41) is 5.01. The molecule has 0 radical (unpaired) electrons. The zero-order valence-corrected chi connectivity index (χ0v) is 17.3. The van der Waals surface area contributed by atoms with Gasteiger partial charge in [0.05, 0.1) is 16.3 Å². The van der Waals surface area contributed by atoms with Crippen LogP contribution in [0.15, 0.2) is 54.7 Å². The molecule has 1 fully saturated rings. The Morgan fingerprint density at radius 1 is 0.900 bits per heavy atom. The highest BCUT2D eigenvalue weighted by atomic mass is 35.5. The first kappa shape index (κ1) is 20.4. The van der Waals surface area contributed by atoms with Gasteiger partial charge in [-0.05, 0) is 42.5 Å². The Bertz CT molecular complexity index is 1110. The number of piperazine rings is 1. The van der Waals surface area contributed by atoms with Crippen molar-refractivity contribution in [1.82, 2.24) is 19.6 Å². The second-order valence-electron chi connectivity index (χ2n) is 6.83. The predicted octanol–water partition coefficient (Wildman–Crippen LogP) is 3.92. The first-order valence-electron chi connectivity index (χ1n) is 9.27. The fraction of sp³-hybridized carbons (Fsp3) is 0.190. The molecule has 6 nitrogen and oxygen atoms in total. The molecule has 0 N–H and O–H groups in total. The molecule has 1 aliphatic heterocycles. The van der Waals surface area contributed by atoms with E-state index in [2.05, 4.69) is 5.10 Å². The van der Waals surface area contributed by atoms with E-state index in [4.69, 9.17) is 23.2 Å². The molecule has 3 aromatic rings. The molecule has 0 bridgehead atoms. The summed E-state index contributed by atoms with van der Waals surface area (Å²) in [4.78, 5) is 28.7. The Morgan fingerprint density at radius 2 is 1.60 bits per heavy atom. The van der Waals surface area contributed by atoms with Crippen LogP contribution in [0.5, 0.6) is 0 Å². The van der Waals surface area contributed by atoms with Crippen molar-refractivity contribution in [2.24, 2.45) is 0 Å². The summed E-state index contributed by atoms with van der Waals surface area (Å²) in [6, 6.07) is 12.5. The summed E-state index contributed by atoms with van der Waals surface area (Å²) >= 11 is 12.0. The van der Waals surface area contributed by atoms with Crippen molar-refractivity contribution in [3.05, 3.63) is 81.8 Å². The van der Waals surface area contributed by atoms with Crippen molar-refractivity contribution < 1.29 is 14.0 Å². The fourth-order valence-corrected chi connectivity index (χ4v) is 3.74. The SMILES string of the molecule is O=C(c1ccn(-c2cccc(Cl)c2)n1)N1CCN(C(=O)c2ccc(F)cc2Cl)CC1. The topological polar surface area (TPSA) is 58.4 Å². The second-order valence-corrected chi connectivity index (χ2v) is 7.68. The average Bonchev–Trinajstić information content (AvgIpc) is 3.23. The van der Waals surface area contributed by atoms with E-state index in [9.17, 15) is 14.0 Å². The maximum atomic E-state index is 13.2. The van der Waals surface area contributed by atoms with E-state index in [-0.39, 0.29) is 22.4 Å². The summed E-state index contributed by atoms with van der Waals surface area (Å²) < 4.78 is 14.8. The van der Waals surface area contributed by atoms with E-state index < -0.39 is 5.82 Å². The number of hydrogen-bond acceptors (Lipinski definition) is 3. The number of benzene rings is 2. The quantitative estimate of drug-likeness (QED) is 0.612. The van der Waals surface area contributed by atoms with E-state index >= 15 is 0 Å². The minimum absolute atomic E-state index is 0.0741. The third-order valence-corrected chi connectivity index (χ3v) is 5.44. The lowest BCUT2D eigenvalue weighted by Crippen LogP contribution is -2.50. The number of aromatic nitrogens is 2. The van der Waals surface area contributed by atoms with Crippen LogP contribution < -0.4 is 0 Å². The molecule has 9 heteroatoms. The van der Waals surface area contributed by atoms with Gasteiger partial charge in [-0.2, -0.15) is 5.10 Å². The minimum atomic E-state index is -0.496. The zero-order chi connectivity index (χ0) is 21.3. The predicted molar refractivity (Wildman–Crippen MR) is 112 cm³/mol. The maximum absolute atomic E-state index is 13.2. The molecular weight excluding hydrogens is 430 g/mol. The normalized spacial score (nSPS) is 14.1. The van der Waals surface area contributed by atoms with Crippen molar-refractivity contribution in [3.63, 3.8) is 0 Å². The molecule has 4 rings (SSSR count). The molecule has 0 spiro atoms. The molecule has 0 atom stereocenters. The minimum Gasteiger partial charge on any atom is -0.335 e. The molecule has 154 valence electrons. The number of hydrogen-bond donors (Lipinski definition) is 0. The molecule has 30 heavy (non-hydrogen) atoms. The van der Waals surface area contributed by atoms with Gasteiger partial charge in [-0.1, -0.05) is 29.3 Å². The summed E-state index contributed by atoms with van der Waals surface area (Å²) in [6.45, 7) is 1.45. The van der Waals surface area contributed by atoms with Gasteiger partial charge in [0.25, 0.3) is 11.8 Å². The lowest BCUT2D eigenvalue weighted by Gasteiger charge is -2.34. The number of halogens is 3. The van der Waals surface area contributed by atoms with Gasteiger partial charge in [-0.3, -0.25) is 9.59 Å². The first-order chi connectivity index (χ1) is 14.4. The van der Waals surface area contributed by atoms with Crippen LogP contribution in [-0.2, 0) is 0 Å². The molecule has 2 amide bonds. The van der Waals surface area contributed by atoms with Crippen molar-refractivity contribution in [1.29, 1.82) is 0 Å². The zero-order valence-electron chi connectivity index (χ0n) is 15.8. The Kier molecular flexibility index (Phi) is 5.74. The van der Waals surface area contributed by atoms with Crippen molar-refractivity contribution in [2.75, 3.05) is 26.2 Å². The summed E-state index contributed by atoms with van der Waals surface area (Å²) in [5.41, 5.74) is 1.32. The maximum Gasteiger partial charge on any atom is 0.274 e. The lowest BCUT2D eigenvalue weighted by molar-refractivity contribution is 0.0532. The van der Waals surface area contributed by atoms with Crippen LogP contribution in [-0.4, -0.2) is 57.6 Å². The molecule has 1 aliphatic rings. The summed E-state index contributed by atoms with van der Waals surface area (Å²) in [6.07, 6.45) is 1.70. The van der Waals surface area contributed by atoms with Gasteiger partial charge in [0.2, 0.25) is 0 Å². The van der Waals surface area contributed by atoms with Crippen molar-refractivity contribution in [3.8, 4) is 5.69 Å².